The van der Waals surface area contributed by atoms with Crippen molar-refractivity contribution < 1.29 is 9.53 Å². The van der Waals surface area contributed by atoms with Gasteiger partial charge in [-0.15, -0.1) is 0 Å². The van der Waals surface area contributed by atoms with Crippen LogP contribution in [-0.4, -0.2) is 28.2 Å². The summed E-state index contributed by atoms with van der Waals surface area (Å²) in [7, 11) is 0. The number of carbonyl (C=O) groups excluding carboxylic acids is 1. The molecule has 5 heteroatoms. The van der Waals surface area contributed by atoms with Gasteiger partial charge in [0.2, 0.25) is 0 Å². The second-order valence-corrected chi connectivity index (χ2v) is 5.68. The maximum Gasteiger partial charge on any atom is 0.169 e. The van der Waals surface area contributed by atoms with Crippen molar-refractivity contribution in [2.75, 3.05) is 12.4 Å². The lowest BCUT2D eigenvalue weighted by Gasteiger charge is -2.05. The van der Waals surface area contributed by atoms with Crippen molar-refractivity contribution in [2.45, 2.75) is 25.0 Å². The molecule has 104 valence electrons. The number of nitrogens with zero attached hydrogens (tertiary/aromatic N) is 2. The summed E-state index contributed by atoms with van der Waals surface area (Å²) >= 11 is 1.70. The number of carbonyl (C=O) groups is 1. The number of thioether (sulfide) groups is 1. The van der Waals surface area contributed by atoms with Gasteiger partial charge >= 0.3 is 0 Å². The molecule has 1 aromatic carbocycles. The van der Waals surface area contributed by atoms with Crippen molar-refractivity contribution in [2.24, 2.45) is 0 Å². The van der Waals surface area contributed by atoms with Crippen LogP contribution in [0.3, 0.4) is 0 Å². The number of hydrogen-bond donors (Lipinski definition) is 0. The van der Waals surface area contributed by atoms with Gasteiger partial charge in [-0.2, -0.15) is 0 Å². The molecule has 20 heavy (non-hydrogen) atoms. The number of rotatable bonds is 5. The van der Waals surface area contributed by atoms with E-state index in [-0.39, 0.29) is 0 Å². The smallest absolute Gasteiger partial charge is 0.169 e. The molecule has 4 nitrogen and oxygen atoms in total. The van der Waals surface area contributed by atoms with Crippen molar-refractivity contribution in [1.82, 2.24) is 9.55 Å². The number of fused-ring (bicyclic) bond motifs is 1. The van der Waals surface area contributed by atoms with Gasteiger partial charge in [-0.25, -0.2) is 4.98 Å². The van der Waals surface area contributed by atoms with E-state index in [1.165, 1.54) is 0 Å². The van der Waals surface area contributed by atoms with Crippen molar-refractivity contribution in [3.8, 4) is 17.0 Å². The van der Waals surface area contributed by atoms with Crippen molar-refractivity contribution >= 4 is 18.0 Å². The Morgan fingerprint density at radius 1 is 1.40 bits per heavy atom. The van der Waals surface area contributed by atoms with Gasteiger partial charge < -0.3 is 9.30 Å². The van der Waals surface area contributed by atoms with E-state index >= 15 is 0 Å². The van der Waals surface area contributed by atoms with E-state index in [9.17, 15) is 4.79 Å². The van der Waals surface area contributed by atoms with Crippen LogP contribution in [0.5, 0.6) is 5.75 Å². The Hall–Kier alpha value is -1.75. The number of aromatic nitrogens is 2. The molecule has 2 heterocycles. The zero-order valence-electron chi connectivity index (χ0n) is 11.3. The Labute approximate surface area is 122 Å². The summed E-state index contributed by atoms with van der Waals surface area (Å²) in [5.41, 5.74) is 2.40. The van der Waals surface area contributed by atoms with Crippen LogP contribution in [0, 0.1) is 0 Å². The van der Waals surface area contributed by atoms with E-state index in [1.807, 2.05) is 28.8 Å². The van der Waals surface area contributed by atoms with Gasteiger partial charge in [-0.1, -0.05) is 18.7 Å². The van der Waals surface area contributed by atoms with Gasteiger partial charge in [0.1, 0.15) is 17.1 Å². The van der Waals surface area contributed by atoms with Gasteiger partial charge in [-0.3, -0.25) is 4.79 Å². The van der Waals surface area contributed by atoms with E-state index in [0.717, 1.165) is 47.2 Å². The Morgan fingerprint density at radius 3 is 2.90 bits per heavy atom. The molecule has 0 saturated carbocycles. The van der Waals surface area contributed by atoms with Gasteiger partial charge in [0.15, 0.2) is 11.4 Å². The predicted octanol–water partition coefficient (Wildman–Crippen LogP) is 3.26. The number of ether oxygens (including phenoxy) is 1. The minimum atomic E-state index is 0.673. The standard InChI is InChI=1S/C15H16N2O2S/c1-2-8-19-12-5-3-11(4-6-12)14-13(10-18)17-7-9-20-15(17)16-14/h3-6,10H,2,7-9H2,1H3. The molecule has 0 N–H and O–H groups in total. The monoisotopic (exact) mass is 288 g/mol. The first-order chi connectivity index (χ1) is 9.83. The number of aldehydes is 1. The third kappa shape index (κ3) is 2.33. The van der Waals surface area contributed by atoms with Gasteiger partial charge in [0.05, 0.1) is 6.61 Å². The van der Waals surface area contributed by atoms with Crippen LogP contribution in [0.4, 0.5) is 0 Å². The van der Waals surface area contributed by atoms with E-state index in [0.29, 0.717) is 12.3 Å². The van der Waals surface area contributed by atoms with Gasteiger partial charge in [-0.05, 0) is 30.7 Å². The quantitative estimate of drug-likeness (QED) is 0.792. The average Bonchev–Trinajstić information content (AvgIpc) is 3.05. The third-order valence-corrected chi connectivity index (χ3v) is 4.19. The molecule has 0 aliphatic carbocycles. The molecule has 0 saturated heterocycles. The molecule has 0 unspecified atom stereocenters. The predicted molar refractivity (Wildman–Crippen MR) is 79.6 cm³/mol. The minimum Gasteiger partial charge on any atom is -0.494 e. The molecular weight excluding hydrogens is 272 g/mol. The Bertz CT molecular complexity index is 620. The summed E-state index contributed by atoms with van der Waals surface area (Å²) in [6, 6.07) is 7.77. The summed E-state index contributed by atoms with van der Waals surface area (Å²) < 4.78 is 7.56. The zero-order valence-corrected chi connectivity index (χ0v) is 12.2. The highest BCUT2D eigenvalue weighted by Crippen LogP contribution is 2.32. The fourth-order valence-electron chi connectivity index (χ4n) is 2.26. The number of imidazole rings is 1. The van der Waals surface area contributed by atoms with Crippen LogP contribution < -0.4 is 4.74 Å². The van der Waals surface area contributed by atoms with Crippen molar-refractivity contribution in [1.29, 1.82) is 0 Å². The molecule has 3 rings (SSSR count). The molecule has 1 aromatic heterocycles. The molecule has 0 spiro atoms. The lowest BCUT2D eigenvalue weighted by Crippen LogP contribution is -2.00. The molecule has 0 amide bonds. The van der Waals surface area contributed by atoms with Crippen molar-refractivity contribution in [3.63, 3.8) is 0 Å². The Morgan fingerprint density at radius 2 is 2.20 bits per heavy atom. The first-order valence-electron chi connectivity index (χ1n) is 6.75. The Balaban J connectivity index is 1.91. The maximum absolute atomic E-state index is 11.3. The first kappa shape index (κ1) is 13.2. The molecular formula is C15H16N2O2S. The topological polar surface area (TPSA) is 44.1 Å². The fourth-order valence-corrected chi connectivity index (χ4v) is 3.22. The maximum atomic E-state index is 11.3. The normalized spacial score (nSPS) is 13.2. The molecule has 1 aliphatic heterocycles. The number of hydrogen-bond acceptors (Lipinski definition) is 4. The average molecular weight is 288 g/mol. The third-order valence-electron chi connectivity index (χ3n) is 3.23. The first-order valence-corrected chi connectivity index (χ1v) is 7.73. The van der Waals surface area contributed by atoms with Crippen LogP contribution in [0.25, 0.3) is 11.3 Å². The SMILES string of the molecule is CCCOc1ccc(-c2nc3n(c2C=O)CCS3)cc1. The molecule has 0 bridgehead atoms. The van der Waals surface area contributed by atoms with E-state index in [4.69, 9.17) is 4.74 Å². The van der Waals surface area contributed by atoms with Crippen LogP contribution in [0.15, 0.2) is 29.4 Å². The summed E-state index contributed by atoms with van der Waals surface area (Å²) in [6.45, 7) is 3.65. The summed E-state index contributed by atoms with van der Waals surface area (Å²) in [4.78, 5) is 15.9. The van der Waals surface area contributed by atoms with Crippen LogP contribution >= 0.6 is 11.8 Å². The molecule has 0 fully saturated rings. The van der Waals surface area contributed by atoms with E-state index in [1.54, 1.807) is 11.8 Å². The van der Waals surface area contributed by atoms with E-state index < -0.39 is 0 Å². The lowest BCUT2D eigenvalue weighted by molar-refractivity contribution is 0.111. The summed E-state index contributed by atoms with van der Waals surface area (Å²) in [6.07, 6.45) is 1.89. The van der Waals surface area contributed by atoms with Crippen molar-refractivity contribution in [3.05, 3.63) is 30.0 Å². The lowest BCUT2D eigenvalue weighted by atomic mass is 10.1. The second-order valence-electron chi connectivity index (χ2n) is 4.62. The number of benzene rings is 1. The van der Waals surface area contributed by atoms with Gasteiger partial charge in [0, 0.05) is 17.9 Å². The molecule has 0 atom stereocenters. The Kier molecular flexibility index (Phi) is 3.78. The highest BCUT2D eigenvalue weighted by atomic mass is 32.2. The zero-order chi connectivity index (χ0) is 13.9. The van der Waals surface area contributed by atoms with Crippen LogP contribution in [0.2, 0.25) is 0 Å². The second kappa shape index (κ2) is 5.71. The minimum absolute atomic E-state index is 0.673. The summed E-state index contributed by atoms with van der Waals surface area (Å²) in [5, 5.41) is 0.938. The van der Waals surface area contributed by atoms with Crippen LogP contribution in [0.1, 0.15) is 23.8 Å². The molecule has 1 aliphatic rings. The van der Waals surface area contributed by atoms with Crippen LogP contribution in [-0.2, 0) is 6.54 Å². The molecule has 0 radical (unpaired) electrons. The van der Waals surface area contributed by atoms with Gasteiger partial charge in [0.25, 0.3) is 0 Å². The highest BCUT2D eigenvalue weighted by Gasteiger charge is 2.22. The fraction of sp³-hybridized carbons (Fsp3) is 0.333. The molecule has 2 aromatic rings. The summed E-state index contributed by atoms with van der Waals surface area (Å²) in [5.74, 6) is 1.84. The largest absolute Gasteiger partial charge is 0.494 e. The van der Waals surface area contributed by atoms with E-state index in [2.05, 4.69) is 11.9 Å². The highest BCUT2D eigenvalue weighted by molar-refractivity contribution is 7.99.